The maximum Gasteiger partial charge on any atom is 0.262 e. The third kappa shape index (κ3) is 3.58. The van der Waals surface area contributed by atoms with Crippen LogP contribution in [0.25, 0.3) is 0 Å². The topological polar surface area (TPSA) is 80.3 Å². The minimum absolute atomic E-state index is 0.0633. The van der Waals surface area contributed by atoms with Crippen molar-refractivity contribution >= 4 is 35.0 Å². The lowest BCUT2D eigenvalue weighted by molar-refractivity contribution is -0.154. The number of fused-ring (bicyclic) bond motifs is 2. The van der Waals surface area contributed by atoms with Crippen molar-refractivity contribution in [3.63, 3.8) is 0 Å². The third-order valence-corrected chi connectivity index (χ3v) is 5.99. The highest BCUT2D eigenvalue weighted by Gasteiger charge is 2.54. The van der Waals surface area contributed by atoms with E-state index in [4.69, 9.17) is 27.9 Å². The number of amides is 2. The lowest BCUT2D eigenvalue weighted by atomic mass is 9.73. The van der Waals surface area contributed by atoms with Crippen LogP contribution in [0.5, 0.6) is 0 Å². The van der Waals surface area contributed by atoms with Gasteiger partial charge in [-0.2, -0.15) is 0 Å². The molecule has 2 heterocycles. The average Bonchev–Trinajstić information content (AvgIpc) is 2.72. The second kappa shape index (κ2) is 7.55. The Morgan fingerprint density at radius 2 is 2.14 bits per heavy atom. The van der Waals surface area contributed by atoms with E-state index >= 15 is 4.39 Å². The summed E-state index contributed by atoms with van der Waals surface area (Å²) in [5, 5.41) is 6.24. The van der Waals surface area contributed by atoms with E-state index in [0.29, 0.717) is 21.3 Å². The van der Waals surface area contributed by atoms with Crippen LogP contribution in [0, 0.1) is 0 Å². The molecule has 2 N–H and O–H groups in total. The summed E-state index contributed by atoms with van der Waals surface area (Å²) in [4.78, 5) is 28.7. The summed E-state index contributed by atoms with van der Waals surface area (Å²) in [5.41, 5.74) is -2.07. The predicted molar refractivity (Wildman–Crippen MR) is 105 cm³/mol. The number of nitrogens with zero attached hydrogens (tertiary/aromatic N) is 1. The molecule has 29 heavy (non-hydrogen) atoms. The molecule has 1 spiro atoms. The van der Waals surface area contributed by atoms with Gasteiger partial charge in [-0.25, -0.2) is 4.39 Å². The molecule has 0 radical (unpaired) electrons. The van der Waals surface area contributed by atoms with Gasteiger partial charge in [0.15, 0.2) is 0 Å². The normalized spacial score (nSPS) is 26.0. The van der Waals surface area contributed by atoms with Gasteiger partial charge in [-0.3, -0.25) is 14.6 Å². The molecular formula is C20H18Cl2FN3O3. The molecular weight excluding hydrogens is 420 g/mol. The van der Waals surface area contributed by atoms with Crippen LogP contribution >= 0.6 is 23.2 Å². The van der Waals surface area contributed by atoms with E-state index in [1.54, 1.807) is 24.3 Å². The molecule has 1 fully saturated rings. The van der Waals surface area contributed by atoms with Crippen LogP contribution in [0.4, 0.5) is 4.39 Å². The van der Waals surface area contributed by atoms with Crippen LogP contribution in [0.3, 0.4) is 0 Å². The van der Waals surface area contributed by atoms with Crippen LogP contribution in [-0.2, 0) is 32.1 Å². The molecule has 2 atom stereocenters. The average molecular weight is 438 g/mol. The summed E-state index contributed by atoms with van der Waals surface area (Å²) in [7, 11) is 0. The molecule has 1 aliphatic heterocycles. The molecule has 0 unspecified atom stereocenters. The van der Waals surface area contributed by atoms with E-state index in [2.05, 4.69) is 15.6 Å². The maximum atomic E-state index is 16.0. The lowest BCUT2D eigenvalue weighted by Gasteiger charge is -2.44. The number of halogens is 3. The number of hydrogen-bond acceptors (Lipinski definition) is 4. The fraction of sp³-hybridized carbons (Fsp3) is 0.350. The van der Waals surface area contributed by atoms with Crippen molar-refractivity contribution in [2.75, 3.05) is 13.2 Å². The number of alkyl halides is 1. The summed E-state index contributed by atoms with van der Waals surface area (Å²) < 4.78 is 21.8. The van der Waals surface area contributed by atoms with Gasteiger partial charge >= 0.3 is 0 Å². The molecule has 1 aromatic heterocycles. The number of aromatic nitrogens is 1. The van der Waals surface area contributed by atoms with Crippen molar-refractivity contribution < 1.29 is 18.7 Å². The third-order valence-electron chi connectivity index (χ3n) is 5.40. The van der Waals surface area contributed by atoms with Gasteiger partial charge in [0.25, 0.3) is 5.91 Å². The zero-order valence-corrected chi connectivity index (χ0v) is 16.8. The van der Waals surface area contributed by atoms with Gasteiger partial charge < -0.3 is 15.4 Å². The predicted octanol–water partition coefficient (Wildman–Crippen LogP) is 3.01. The Hall–Kier alpha value is -2.22. The zero-order valence-electron chi connectivity index (χ0n) is 15.3. The fourth-order valence-electron chi connectivity index (χ4n) is 3.79. The molecule has 2 aliphatic rings. The summed E-state index contributed by atoms with van der Waals surface area (Å²) in [6, 6.07) is 8.01. The van der Waals surface area contributed by atoms with E-state index in [-0.39, 0.29) is 44.0 Å². The van der Waals surface area contributed by atoms with Crippen molar-refractivity contribution in [2.24, 2.45) is 0 Å². The highest BCUT2D eigenvalue weighted by atomic mass is 35.5. The van der Waals surface area contributed by atoms with Gasteiger partial charge in [0.2, 0.25) is 11.6 Å². The number of carbonyl (C=O) groups is 2. The van der Waals surface area contributed by atoms with E-state index in [1.807, 2.05) is 0 Å². The summed E-state index contributed by atoms with van der Waals surface area (Å²) >= 11 is 12.0. The Bertz CT molecular complexity index is 977. The highest BCUT2D eigenvalue weighted by molar-refractivity contribution is 6.35. The fourth-order valence-corrected chi connectivity index (χ4v) is 4.27. The van der Waals surface area contributed by atoms with E-state index in [0.717, 1.165) is 0 Å². The first-order valence-electron chi connectivity index (χ1n) is 9.12. The van der Waals surface area contributed by atoms with Crippen LogP contribution in [0.1, 0.15) is 29.7 Å². The lowest BCUT2D eigenvalue weighted by Crippen LogP contribution is -2.56. The van der Waals surface area contributed by atoms with Gasteiger partial charge in [0.1, 0.15) is 12.2 Å². The van der Waals surface area contributed by atoms with Crippen molar-refractivity contribution in [3.05, 3.63) is 63.4 Å². The first kappa shape index (κ1) is 20.1. The minimum Gasteiger partial charge on any atom is -0.357 e. The van der Waals surface area contributed by atoms with Crippen molar-refractivity contribution in [1.29, 1.82) is 0 Å². The number of carbonyl (C=O) groups excluding carboxylic acids is 2. The number of rotatable bonds is 3. The van der Waals surface area contributed by atoms with Crippen LogP contribution in [-0.4, -0.2) is 29.9 Å². The second-order valence-corrected chi connectivity index (χ2v) is 8.02. The molecule has 2 amide bonds. The van der Waals surface area contributed by atoms with Crippen molar-refractivity contribution in [3.8, 4) is 0 Å². The molecule has 1 aliphatic carbocycles. The van der Waals surface area contributed by atoms with Crippen LogP contribution in [0.15, 0.2) is 36.5 Å². The van der Waals surface area contributed by atoms with Gasteiger partial charge in [-0.15, -0.1) is 0 Å². The van der Waals surface area contributed by atoms with E-state index in [9.17, 15) is 9.59 Å². The van der Waals surface area contributed by atoms with Gasteiger partial charge in [0.05, 0.1) is 12.2 Å². The standard InChI is InChI=1S/C20H18Cl2FN3O3/c21-13-4-3-12(15(22)8-13)9-25-18(28)20(23)6-5-19(11-26-16(27)10-29-19)17-14(20)2-1-7-24-17/h1-4,7-8H,5-6,9-11H2,(H,25,28)(H,26,27)/t19-,20+/m0/s1. The number of pyridine rings is 1. The summed E-state index contributed by atoms with van der Waals surface area (Å²) in [6.45, 7) is 0.123. The summed E-state index contributed by atoms with van der Waals surface area (Å²) in [6.07, 6.45) is 1.64. The second-order valence-electron chi connectivity index (χ2n) is 7.18. The van der Waals surface area contributed by atoms with Crippen LogP contribution < -0.4 is 10.6 Å². The number of morpholine rings is 1. The Kier molecular flexibility index (Phi) is 5.23. The molecule has 4 rings (SSSR count). The Balaban J connectivity index is 1.59. The number of ether oxygens (including phenoxy) is 1. The Labute approximate surface area is 176 Å². The molecule has 1 aromatic carbocycles. The minimum atomic E-state index is -2.27. The molecule has 2 aromatic rings. The number of benzene rings is 1. The van der Waals surface area contributed by atoms with Gasteiger partial charge in [-0.1, -0.05) is 35.3 Å². The molecule has 0 bridgehead atoms. The smallest absolute Gasteiger partial charge is 0.262 e. The van der Waals surface area contributed by atoms with E-state index in [1.165, 1.54) is 12.3 Å². The van der Waals surface area contributed by atoms with Crippen molar-refractivity contribution in [2.45, 2.75) is 30.7 Å². The summed E-state index contributed by atoms with van der Waals surface area (Å²) in [5.74, 6) is -1.00. The molecule has 1 saturated heterocycles. The van der Waals surface area contributed by atoms with Gasteiger partial charge in [-0.05, 0) is 36.6 Å². The zero-order chi connectivity index (χ0) is 20.6. The Morgan fingerprint density at radius 3 is 2.86 bits per heavy atom. The highest BCUT2D eigenvalue weighted by Crippen LogP contribution is 2.47. The van der Waals surface area contributed by atoms with Crippen LogP contribution in [0.2, 0.25) is 10.0 Å². The maximum absolute atomic E-state index is 16.0. The monoisotopic (exact) mass is 437 g/mol. The largest absolute Gasteiger partial charge is 0.357 e. The van der Waals surface area contributed by atoms with Crippen molar-refractivity contribution in [1.82, 2.24) is 15.6 Å². The first-order valence-corrected chi connectivity index (χ1v) is 9.87. The first-order chi connectivity index (χ1) is 13.8. The number of hydrogen-bond donors (Lipinski definition) is 2. The number of nitrogens with one attached hydrogen (secondary N) is 2. The SMILES string of the molecule is O=C1CO[C@@]2(CC[C@](F)(C(=O)NCc3ccc(Cl)cc3Cl)c3cccnc32)CN1. The quantitative estimate of drug-likeness (QED) is 0.773. The molecule has 6 nitrogen and oxygen atoms in total. The molecule has 152 valence electrons. The van der Waals surface area contributed by atoms with E-state index < -0.39 is 17.2 Å². The van der Waals surface area contributed by atoms with Gasteiger partial charge in [0, 0.05) is 28.4 Å². The Morgan fingerprint density at radius 1 is 1.31 bits per heavy atom. The molecule has 9 heteroatoms. The molecule has 0 saturated carbocycles.